The number of hydrogen-bond donors (Lipinski definition) is 4. The van der Waals surface area contributed by atoms with Crippen LogP contribution in [0.5, 0.6) is 0 Å². The highest BCUT2D eigenvalue weighted by Crippen LogP contribution is 2.36. The van der Waals surface area contributed by atoms with Gasteiger partial charge in [0.25, 0.3) is 0 Å². The molecule has 0 amide bonds. The second kappa shape index (κ2) is 7.76. The second-order valence-corrected chi connectivity index (χ2v) is 7.64. The van der Waals surface area contributed by atoms with E-state index in [1.165, 1.54) is 25.7 Å². The van der Waals surface area contributed by atoms with Crippen LogP contribution in [0.2, 0.25) is 0 Å². The van der Waals surface area contributed by atoms with Crippen LogP contribution in [0.3, 0.4) is 0 Å². The summed E-state index contributed by atoms with van der Waals surface area (Å²) in [6.07, 6.45) is 6.68. The topological polar surface area (TPSA) is 66.6 Å². The maximum absolute atomic E-state index is 6.15. The average Bonchev–Trinajstić information content (AvgIpc) is 3.00. The van der Waals surface area contributed by atoms with E-state index in [-0.39, 0.29) is 0 Å². The van der Waals surface area contributed by atoms with E-state index >= 15 is 0 Å². The Morgan fingerprint density at radius 2 is 1.74 bits per heavy atom. The van der Waals surface area contributed by atoms with E-state index in [1.54, 1.807) is 0 Å². The first-order valence-corrected chi connectivity index (χ1v) is 9.56. The molecule has 6 unspecified atom stereocenters. The Hall–Kier alpha value is -0.240. The molecule has 0 aromatic carbocycles. The maximum atomic E-state index is 6.15. The van der Waals surface area contributed by atoms with E-state index in [2.05, 4.69) is 21.5 Å². The van der Waals surface area contributed by atoms with Crippen molar-refractivity contribution in [2.75, 3.05) is 39.4 Å². The molecule has 3 heterocycles. The van der Waals surface area contributed by atoms with Crippen molar-refractivity contribution in [1.29, 1.82) is 0 Å². The molecule has 1 saturated carbocycles. The Kier molecular flexibility index (Phi) is 5.48. The van der Waals surface area contributed by atoms with Gasteiger partial charge in [-0.15, -0.1) is 0 Å². The van der Waals surface area contributed by atoms with Crippen molar-refractivity contribution in [1.82, 2.24) is 21.5 Å². The van der Waals surface area contributed by atoms with Crippen LogP contribution in [0.4, 0.5) is 0 Å². The number of rotatable bonds is 0. The van der Waals surface area contributed by atoms with Gasteiger partial charge >= 0.3 is 0 Å². The summed E-state index contributed by atoms with van der Waals surface area (Å²) in [7, 11) is 0. The SMILES string of the molecule is C1CNCCOC2CCC3NNC(C4CNCC(C4)OC1)C3C2. The first kappa shape index (κ1) is 16.2. The third kappa shape index (κ3) is 3.89. The summed E-state index contributed by atoms with van der Waals surface area (Å²) in [6.45, 7) is 5.79. The molecule has 4 rings (SSSR count). The fraction of sp³-hybridized carbons (Fsp3) is 1.00. The van der Waals surface area contributed by atoms with E-state index in [4.69, 9.17) is 9.47 Å². The van der Waals surface area contributed by atoms with Gasteiger partial charge in [-0.1, -0.05) is 0 Å². The van der Waals surface area contributed by atoms with E-state index < -0.39 is 0 Å². The van der Waals surface area contributed by atoms with Crippen molar-refractivity contribution < 1.29 is 9.47 Å². The van der Waals surface area contributed by atoms with Crippen molar-refractivity contribution in [3.63, 3.8) is 0 Å². The molecule has 132 valence electrons. The normalized spacial score (nSPS) is 45.9. The van der Waals surface area contributed by atoms with Crippen molar-refractivity contribution in [3.8, 4) is 0 Å². The number of hydrazine groups is 1. The second-order valence-electron chi connectivity index (χ2n) is 7.64. The first-order valence-electron chi connectivity index (χ1n) is 9.56. The smallest absolute Gasteiger partial charge is 0.0703 e. The van der Waals surface area contributed by atoms with Crippen LogP contribution >= 0.6 is 0 Å². The van der Waals surface area contributed by atoms with Gasteiger partial charge < -0.3 is 20.1 Å². The Bertz CT molecular complexity index is 384. The Morgan fingerprint density at radius 3 is 2.74 bits per heavy atom. The van der Waals surface area contributed by atoms with Crippen LogP contribution in [-0.4, -0.2) is 63.7 Å². The van der Waals surface area contributed by atoms with Gasteiger partial charge in [0.1, 0.15) is 0 Å². The molecule has 3 aliphatic heterocycles. The van der Waals surface area contributed by atoms with E-state index in [9.17, 15) is 0 Å². The molecule has 6 nitrogen and oxygen atoms in total. The summed E-state index contributed by atoms with van der Waals surface area (Å²) in [5.74, 6) is 1.34. The summed E-state index contributed by atoms with van der Waals surface area (Å²) in [6, 6.07) is 1.17. The number of nitrogens with one attached hydrogen (secondary N) is 4. The Morgan fingerprint density at radius 1 is 0.783 bits per heavy atom. The van der Waals surface area contributed by atoms with E-state index in [0.29, 0.717) is 36.1 Å². The molecule has 1 aliphatic carbocycles. The minimum Gasteiger partial charge on any atom is -0.377 e. The fourth-order valence-electron chi connectivity index (χ4n) is 4.87. The lowest BCUT2D eigenvalue weighted by Crippen LogP contribution is -2.50. The molecule has 6 heteroatoms. The maximum Gasteiger partial charge on any atom is 0.0703 e. The van der Waals surface area contributed by atoms with Crippen molar-refractivity contribution >= 4 is 0 Å². The number of fused-ring (bicyclic) bond motifs is 4. The van der Waals surface area contributed by atoms with Crippen LogP contribution in [-0.2, 0) is 9.47 Å². The molecule has 23 heavy (non-hydrogen) atoms. The van der Waals surface area contributed by atoms with Crippen LogP contribution in [0, 0.1) is 11.8 Å². The molecular formula is C17H32N4O2. The molecular weight excluding hydrogens is 292 g/mol. The van der Waals surface area contributed by atoms with E-state index in [1.807, 2.05) is 0 Å². The van der Waals surface area contributed by atoms with Gasteiger partial charge in [-0.3, -0.25) is 10.9 Å². The highest BCUT2D eigenvalue weighted by Gasteiger charge is 2.44. The Balaban J connectivity index is 1.45. The third-order valence-corrected chi connectivity index (χ3v) is 6.08. The zero-order valence-corrected chi connectivity index (χ0v) is 14.1. The predicted octanol–water partition coefficient (Wildman–Crippen LogP) is 0.00470. The molecule has 4 N–H and O–H groups in total. The van der Waals surface area contributed by atoms with Crippen molar-refractivity contribution in [3.05, 3.63) is 0 Å². The third-order valence-electron chi connectivity index (χ3n) is 6.08. The molecule has 0 radical (unpaired) electrons. The van der Waals surface area contributed by atoms with Crippen LogP contribution in [0.1, 0.15) is 32.1 Å². The summed E-state index contributed by atoms with van der Waals surface area (Å²) in [5, 5.41) is 7.07. The molecule has 4 bridgehead atoms. The number of piperidine rings is 1. The zero-order valence-electron chi connectivity index (χ0n) is 14.1. The monoisotopic (exact) mass is 324 g/mol. The van der Waals surface area contributed by atoms with Crippen molar-refractivity contribution in [2.24, 2.45) is 11.8 Å². The summed E-state index contributed by atoms with van der Waals surface area (Å²) < 4.78 is 12.3. The largest absolute Gasteiger partial charge is 0.377 e. The number of ether oxygens (including phenoxy) is 2. The summed E-state index contributed by atoms with van der Waals surface area (Å²) >= 11 is 0. The van der Waals surface area contributed by atoms with Gasteiger partial charge in [0.05, 0.1) is 18.8 Å². The molecule has 4 aliphatic rings. The lowest BCUT2D eigenvalue weighted by atomic mass is 9.74. The molecule has 3 saturated heterocycles. The number of hydrogen-bond acceptors (Lipinski definition) is 6. The average molecular weight is 324 g/mol. The fourth-order valence-corrected chi connectivity index (χ4v) is 4.87. The van der Waals surface area contributed by atoms with Crippen LogP contribution in [0.15, 0.2) is 0 Å². The molecule has 6 atom stereocenters. The van der Waals surface area contributed by atoms with Gasteiger partial charge in [-0.2, -0.15) is 0 Å². The molecule has 0 aromatic rings. The van der Waals surface area contributed by atoms with Crippen LogP contribution in [0.25, 0.3) is 0 Å². The minimum atomic E-state index is 0.371. The lowest BCUT2D eigenvalue weighted by Gasteiger charge is -2.38. The van der Waals surface area contributed by atoms with Gasteiger partial charge in [0.15, 0.2) is 0 Å². The van der Waals surface area contributed by atoms with Gasteiger partial charge in [-0.25, -0.2) is 0 Å². The minimum absolute atomic E-state index is 0.371. The molecule has 0 aromatic heterocycles. The standard InChI is InChI=1S/C17H32N4O2/c1-4-18-5-7-23-13-2-3-16-15(9-13)17(21-20-16)12-8-14(22-6-1)11-19-10-12/h12-21H,1-11H2. The highest BCUT2D eigenvalue weighted by molar-refractivity contribution is 5.00. The molecule has 0 spiro atoms. The van der Waals surface area contributed by atoms with Gasteiger partial charge in [0.2, 0.25) is 0 Å². The van der Waals surface area contributed by atoms with Crippen molar-refractivity contribution in [2.45, 2.75) is 56.4 Å². The first-order chi connectivity index (χ1) is 11.4. The van der Waals surface area contributed by atoms with Gasteiger partial charge in [0, 0.05) is 31.8 Å². The Labute approximate surface area is 139 Å². The zero-order chi connectivity index (χ0) is 15.5. The van der Waals surface area contributed by atoms with E-state index in [0.717, 1.165) is 45.8 Å². The summed E-state index contributed by atoms with van der Waals surface area (Å²) in [5.41, 5.74) is 7.19. The summed E-state index contributed by atoms with van der Waals surface area (Å²) in [4.78, 5) is 0. The highest BCUT2D eigenvalue weighted by atomic mass is 16.5. The van der Waals surface area contributed by atoms with Crippen LogP contribution < -0.4 is 21.5 Å². The lowest BCUT2D eigenvalue weighted by molar-refractivity contribution is -0.00129. The molecule has 4 fully saturated rings. The van der Waals surface area contributed by atoms with Gasteiger partial charge in [-0.05, 0) is 57.0 Å². The predicted molar refractivity (Wildman–Crippen MR) is 89.1 cm³/mol. The quantitative estimate of drug-likeness (QED) is 0.503.